The fourth-order valence-electron chi connectivity index (χ4n) is 3.55. The smallest absolute Gasteiger partial charge is 0.228 e. The summed E-state index contributed by atoms with van der Waals surface area (Å²) in [6.07, 6.45) is 0.244. The molecule has 1 aromatic rings. The van der Waals surface area contributed by atoms with Gasteiger partial charge in [0, 0.05) is 45.7 Å². The number of hydrogen-bond donors (Lipinski definition) is 1. The summed E-state index contributed by atoms with van der Waals surface area (Å²) in [5, 5.41) is 9.00. The Morgan fingerprint density at radius 2 is 1.96 bits per heavy atom. The number of ether oxygens (including phenoxy) is 1. The van der Waals surface area contributed by atoms with Crippen LogP contribution < -0.4 is 9.64 Å². The fraction of sp³-hybridized carbons (Fsp3) is 0.556. The van der Waals surface area contributed by atoms with E-state index in [0.717, 1.165) is 18.8 Å². The second-order valence-corrected chi connectivity index (χ2v) is 6.47. The van der Waals surface area contributed by atoms with E-state index in [-0.39, 0.29) is 30.8 Å². The molecule has 0 aliphatic carbocycles. The van der Waals surface area contributed by atoms with Gasteiger partial charge < -0.3 is 19.6 Å². The number of carbonyl (C=O) groups excluding carboxylic acids is 2. The third-order valence-corrected chi connectivity index (χ3v) is 4.95. The van der Waals surface area contributed by atoms with Gasteiger partial charge in [-0.05, 0) is 12.1 Å². The van der Waals surface area contributed by atoms with E-state index in [4.69, 9.17) is 9.84 Å². The first-order valence-corrected chi connectivity index (χ1v) is 8.69. The van der Waals surface area contributed by atoms with Crippen molar-refractivity contribution in [3.63, 3.8) is 0 Å². The normalized spacial score (nSPS) is 21.7. The van der Waals surface area contributed by atoms with E-state index in [0.29, 0.717) is 31.9 Å². The van der Waals surface area contributed by atoms with Crippen molar-refractivity contribution in [2.75, 3.05) is 57.9 Å². The maximum Gasteiger partial charge on any atom is 0.228 e. The zero-order chi connectivity index (χ0) is 17.8. The van der Waals surface area contributed by atoms with Gasteiger partial charge in [0.15, 0.2) is 0 Å². The van der Waals surface area contributed by atoms with Crippen LogP contribution in [0.25, 0.3) is 0 Å². The van der Waals surface area contributed by atoms with Crippen molar-refractivity contribution in [3.05, 3.63) is 24.3 Å². The molecule has 2 fully saturated rings. The monoisotopic (exact) mass is 347 g/mol. The van der Waals surface area contributed by atoms with Gasteiger partial charge in [0.25, 0.3) is 0 Å². The van der Waals surface area contributed by atoms with Crippen molar-refractivity contribution in [3.8, 4) is 5.75 Å². The van der Waals surface area contributed by atoms with Crippen molar-refractivity contribution in [2.24, 2.45) is 5.92 Å². The first-order valence-electron chi connectivity index (χ1n) is 8.69. The lowest BCUT2D eigenvalue weighted by Crippen LogP contribution is -2.51. The average molecular weight is 347 g/mol. The Kier molecular flexibility index (Phi) is 5.55. The molecule has 1 N–H and O–H groups in total. The van der Waals surface area contributed by atoms with Gasteiger partial charge in [0.1, 0.15) is 5.75 Å². The van der Waals surface area contributed by atoms with Crippen LogP contribution in [-0.4, -0.2) is 79.7 Å². The van der Waals surface area contributed by atoms with Gasteiger partial charge >= 0.3 is 0 Å². The van der Waals surface area contributed by atoms with E-state index in [1.807, 2.05) is 29.2 Å². The lowest BCUT2D eigenvalue weighted by molar-refractivity contribution is -0.137. The van der Waals surface area contributed by atoms with Crippen molar-refractivity contribution in [2.45, 2.75) is 6.42 Å². The van der Waals surface area contributed by atoms with Gasteiger partial charge in [-0.3, -0.25) is 14.5 Å². The van der Waals surface area contributed by atoms with Crippen molar-refractivity contribution < 1.29 is 19.4 Å². The lowest BCUT2D eigenvalue weighted by Gasteiger charge is -2.35. The number of aliphatic hydroxyl groups excluding tert-OH is 1. The summed E-state index contributed by atoms with van der Waals surface area (Å²) in [6, 6.07) is 7.38. The molecule has 0 aromatic heterocycles. The van der Waals surface area contributed by atoms with Crippen LogP contribution >= 0.6 is 0 Å². The van der Waals surface area contributed by atoms with Crippen LogP contribution in [0.15, 0.2) is 24.3 Å². The molecule has 1 atom stereocenters. The number of nitrogens with zero attached hydrogens (tertiary/aromatic N) is 3. The van der Waals surface area contributed by atoms with E-state index in [2.05, 4.69) is 4.90 Å². The molecule has 1 aromatic carbocycles. The van der Waals surface area contributed by atoms with Gasteiger partial charge in [-0.2, -0.15) is 0 Å². The maximum absolute atomic E-state index is 12.8. The topological polar surface area (TPSA) is 73.3 Å². The summed E-state index contributed by atoms with van der Waals surface area (Å²) in [6.45, 7) is 4.02. The van der Waals surface area contributed by atoms with Gasteiger partial charge in [0.05, 0.1) is 25.3 Å². The molecule has 2 heterocycles. The van der Waals surface area contributed by atoms with Crippen molar-refractivity contribution >= 4 is 17.5 Å². The van der Waals surface area contributed by atoms with Gasteiger partial charge in [-0.25, -0.2) is 0 Å². The van der Waals surface area contributed by atoms with Gasteiger partial charge in [0.2, 0.25) is 11.8 Å². The molecule has 7 nitrogen and oxygen atoms in total. The number of para-hydroxylation sites is 2. The number of amides is 2. The number of aliphatic hydroxyl groups is 1. The lowest BCUT2D eigenvalue weighted by atomic mass is 10.1. The standard InChI is InChI=1S/C18H25N3O4/c1-25-16-5-3-2-4-15(16)21-13-14(12-17(21)23)18(24)20-8-6-19(7-9-20)10-11-22/h2-5,14,22H,6-13H2,1H3. The molecule has 0 bridgehead atoms. The van der Waals surface area contributed by atoms with Crippen LogP contribution in [0.5, 0.6) is 5.75 Å². The first-order chi connectivity index (χ1) is 12.1. The average Bonchev–Trinajstić information content (AvgIpc) is 3.03. The predicted octanol–water partition coefficient (Wildman–Crippen LogP) is 0.185. The molecule has 0 spiro atoms. The molecule has 0 saturated carbocycles. The number of rotatable bonds is 5. The molecule has 25 heavy (non-hydrogen) atoms. The Morgan fingerprint density at radius 3 is 2.64 bits per heavy atom. The molecular formula is C18H25N3O4. The number of methoxy groups -OCH3 is 1. The molecule has 3 rings (SSSR count). The predicted molar refractivity (Wildman–Crippen MR) is 93.6 cm³/mol. The minimum atomic E-state index is -0.304. The summed E-state index contributed by atoms with van der Waals surface area (Å²) in [7, 11) is 1.58. The highest BCUT2D eigenvalue weighted by Gasteiger charge is 2.38. The number of piperazine rings is 1. The van der Waals surface area contributed by atoms with E-state index >= 15 is 0 Å². The zero-order valence-corrected chi connectivity index (χ0v) is 14.6. The van der Waals surface area contributed by atoms with Crippen LogP contribution in [-0.2, 0) is 9.59 Å². The van der Waals surface area contributed by atoms with E-state index in [1.54, 1.807) is 12.0 Å². The summed E-state index contributed by atoms with van der Waals surface area (Å²) in [4.78, 5) is 30.9. The Balaban J connectivity index is 1.63. The summed E-state index contributed by atoms with van der Waals surface area (Å²) < 4.78 is 5.34. The molecule has 2 aliphatic rings. The Labute approximate surface area is 147 Å². The highest BCUT2D eigenvalue weighted by atomic mass is 16.5. The van der Waals surface area contributed by atoms with Crippen LogP contribution in [0.1, 0.15) is 6.42 Å². The van der Waals surface area contributed by atoms with Crippen molar-refractivity contribution in [1.29, 1.82) is 0 Å². The number of β-amino-alcohol motifs (C(OH)–C–C–N with tert-alkyl or cyclic N) is 1. The number of carbonyl (C=O) groups is 2. The van der Waals surface area contributed by atoms with E-state index in [9.17, 15) is 9.59 Å². The second-order valence-electron chi connectivity index (χ2n) is 6.47. The Bertz CT molecular complexity index is 629. The molecule has 0 radical (unpaired) electrons. The molecule has 2 saturated heterocycles. The maximum atomic E-state index is 12.8. The van der Waals surface area contributed by atoms with Gasteiger partial charge in [-0.15, -0.1) is 0 Å². The van der Waals surface area contributed by atoms with Crippen LogP contribution in [0.4, 0.5) is 5.69 Å². The minimum Gasteiger partial charge on any atom is -0.495 e. The number of hydrogen-bond acceptors (Lipinski definition) is 5. The minimum absolute atomic E-state index is 0.0400. The highest BCUT2D eigenvalue weighted by molar-refractivity contribution is 6.01. The Morgan fingerprint density at radius 1 is 1.24 bits per heavy atom. The van der Waals surface area contributed by atoms with Crippen LogP contribution in [0.3, 0.4) is 0 Å². The fourth-order valence-corrected chi connectivity index (χ4v) is 3.55. The molecule has 1 unspecified atom stereocenters. The number of benzene rings is 1. The molecule has 2 amide bonds. The summed E-state index contributed by atoms with van der Waals surface area (Å²) in [5.41, 5.74) is 0.720. The molecule has 7 heteroatoms. The third kappa shape index (κ3) is 3.77. The van der Waals surface area contributed by atoms with E-state index < -0.39 is 0 Å². The molecule has 2 aliphatic heterocycles. The van der Waals surface area contributed by atoms with Crippen molar-refractivity contribution in [1.82, 2.24) is 9.80 Å². The Hall–Kier alpha value is -2.12. The summed E-state index contributed by atoms with van der Waals surface area (Å²) >= 11 is 0. The van der Waals surface area contributed by atoms with Crippen LogP contribution in [0.2, 0.25) is 0 Å². The highest BCUT2D eigenvalue weighted by Crippen LogP contribution is 2.33. The number of anilines is 1. The molecule has 136 valence electrons. The van der Waals surface area contributed by atoms with Gasteiger partial charge in [-0.1, -0.05) is 12.1 Å². The third-order valence-electron chi connectivity index (χ3n) is 4.95. The quantitative estimate of drug-likeness (QED) is 0.823. The SMILES string of the molecule is COc1ccccc1N1CC(C(=O)N2CCN(CCO)CC2)CC1=O. The second kappa shape index (κ2) is 7.84. The van der Waals surface area contributed by atoms with E-state index in [1.165, 1.54) is 0 Å². The zero-order valence-electron chi connectivity index (χ0n) is 14.6. The summed E-state index contributed by atoms with van der Waals surface area (Å²) in [5.74, 6) is 0.347. The molecular weight excluding hydrogens is 322 g/mol. The largest absolute Gasteiger partial charge is 0.495 e. The first kappa shape index (κ1) is 17.7. The van der Waals surface area contributed by atoms with Crippen LogP contribution in [0, 0.1) is 5.92 Å².